The Morgan fingerprint density at radius 3 is 2.40 bits per heavy atom. The second-order valence-electron chi connectivity index (χ2n) is 5.14. The quantitative estimate of drug-likeness (QED) is 0.666. The van der Waals surface area contributed by atoms with E-state index < -0.39 is 0 Å². The van der Waals surface area contributed by atoms with Crippen molar-refractivity contribution in [3.63, 3.8) is 0 Å². The molecule has 0 saturated carbocycles. The van der Waals surface area contributed by atoms with Crippen LogP contribution in [0.1, 0.15) is 43.0 Å². The Hall–Kier alpha value is -0.900. The van der Waals surface area contributed by atoms with Crippen LogP contribution in [-0.2, 0) is 9.47 Å². The Morgan fingerprint density at radius 2 is 1.75 bits per heavy atom. The van der Waals surface area contributed by atoms with Crippen molar-refractivity contribution < 1.29 is 9.47 Å². The molecule has 1 rings (SSSR count). The van der Waals surface area contributed by atoms with Crippen LogP contribution in [0, 0.1) is 13.8 Å². The Morgan fingerprint density at radius 1 is 1.00 bits per heavy atom. The Balaban J connectivity index is 2.45. The van der Waals surface area contributed by atoms with Gasteiger partial charge >= 0.3 is 0 Å². The molecule has 1 aromatic carbocycles. The van der Waals surface area contributed by atoms with Gasteiger partial charge in [0.1, 0.15) is 0 Å². The highest BCUT2D eigenvalue weighted by molar-refractivity contribution is 5.31. The minimum Gasteiger partial charge on any atom is -0.379 e. The summed E-state index contributed by atoms with van der Waals surface area (Å²) in [5.41, 5.74) is 3.96. The van der Waals surface area contributed by atoms with Gasteiger partial charge in [0.05, 0.1) is 25.9 Å². The molecule has 1 unspecified atom stereocenters. The molecule has 3 nitrogen and oxygen atoms in total. The van der Waals surface area contributed by atoms with E-state index in [1.165, 1.54) is 16.7 Å². The maximum atomic E-state index is 5.73. The van der Waals surface area contributed by atoms with E-state index in [9.17, 15) is 0 Å². The fourth-order valence-corrected chi connectivity index (χ4v) is 2.07. The van der Waals surface area contributed by atoms with Crippen molar-refractivity contribution in [2.75, 3.05) is 33.0 Å². The summed E-state index contributed by atoms with van der Waals surface area (Å²) >= 11 is 0. The average molecular weight is 279 g/mol. The average Bonchev–Trinajstić information content (AvgIpc) is 2.44. The van der Waals surface area contributed by atoms with Gasteiger partial charge in [-0.3, -0.25) is 0 Å². The molecular formula is C17H29NO2. The second-order valence-corrected chi connectivity index (χ2v) is 5.14. The molecule has 0 spiro atoms. The fraction of sp³-hybridized carbons (Fsp3) is 0.647. The standard InChI is InChI=1S/C17H29NO2/c1-5-9-19-10-11-20-13-17(18-6-2)16-8-7-14(3)15(4)12-16/h7-8,12,17-18H,5-6,9-11,13H2,1-4H3. The minimum atomic E-state index is 0.255. The highest BCUT2D eigenvalue weighted by Crippen LogP contribution is 2.17. The van der Waals surface area contributed by atoms with Crippen LogP contribution in [0.2, 0.25) is 0 Å². The summed E-state index contributed by atoms with van der Waals surface area (Å²) in [6, 6.07) is 6.87. The van der Waals surface area contributed by atoms with E-state index in [0.717, 1.165) is 19.6 Å². The van der Waals surface area contributed by atoms with E-state index >= 15 is 0 Å². The third-order valence-corrected chi connectivity index (χ3v) is 3.39. The summed E-state index contributed by atoms with van der Waals surface area (Å²) < 4.78 is 11.2. The lowest BCUT2D eigenvalue weighted by Gasteiger charge is -2.19. The highest BCUT2D eigenvalue weighted by atomic mass is 16.5. The van der Waals surface area contributed by atoms with Crippen LogP contribution in [-0.4, -0.2) is 33.0 Å². The number of aryl methyl sites for hydroxylation is 2. The summed E-state index contributed by atoms with van der Waals surface area (Å²) in [4.78, 5) is 0. The lowest BCUT2D eigenvalue weighted by molar-refractivity contribution is 0.0393. The molecule has 1 atom stereocenters. The second kappa shape index (κ2) is 9.92. The zero-order valence-corrected chi connectivity index (χ0v) is 13.4. The SMILES string of the molecule is CCCOCCOCC(NCC)c1ccc(C)c(C)c1. The van der Waals surface area contributed by atoms with Gasteiger partial charge in [0.25, 0.3) is 0 Å². The van der Waals surface area contributed by atoms with Crippen LogP contribution < -0.4 is 5.32 Å². The summed E-state index contributed by atoms with van der Waals surface area (Å²) in [5, 5.41) is 3.48. The first-order valence-corrected chi connectivity index (χ1v) is 7.65. The molecule has 0 aliphatic carbocycles. The molecule has 0 fully saturated rings. The zero-order valence-electron chi connectivity index (χ0n) is 13.4. The Labute approximate surface area is 123 Å². The molecule has 0 bridgehead atoms. The molecule has 20 heavy (non-hydrogen) atoms. The van der Waals surface area contributed by atoms with E-state index in [2.05, 4.69) is 51.2 Å². The van der Waals surface area contributed by atoms with E-state index in [-0.39, 0.29) is 6.04 Å². The van der Waals surface area contributed by atoms with Crippen molar-refractivity contribution >= 4 is 0 Å². The fourth-order valence-electron chi connectivity index (χ4n) is 2.07. The molecule has 0 heterocycles. The number of nitrogens with one attached hydrogen (secondary N) is 1. The maximum absolute atomic E-state index is 5.73. The molecular weight excluding hydrogens is 250 g/mol. The smallest absolute Gasteiger partial charge is 0.0701 e. The molecule has 3 heteroatoms. The van der Waals surface area contributed by atoms with Gasteiger partial charge in [-0.15, -0.1) is 0 Å². The first-order valence-electron chi connectivity index (χ1n) is 7.65. The van der Waals surface area contributed by atoms with Crippen LogP contribution in [0.4, 0.5) is 0 Å². The predicted octanol–water partition coefficient (Wildman–Crippen LogP) is 3.40. The van der Waals surface area contributed by atoms with Crippen LogP contribution in [0.5, 0.6) is 0 Å². The molecule has 1 N–H and O–H groups in total. The molecule has 114 valence electrons. The van der Waals surface area contributed by atoms with E-state index in [1.807, 2.05) is 0 Å². The van der Waals surface area contributed by atoms with Crippen molar-refractivity contribution in [1.29, 1.82) is 0 Å². The van der Waals surface area contributed by atoms with Crippen molar-refractivity contribution in [3.8, 4) is 0 Å². The number of hydrogen-bond donors (Lipinski definition) is 1. The summed E-state index contributed by atoms with van der Waals surface area (Å²) in [6.45, 7) is 12.3. The van der Waals surface area contributed by atoms with Crippen molar-refractivity contribution in [2.24, 2.45) is 0 Å². The normalized spacial score (nSPS) is 12.6. The Kier molecular flexibility index (Phi) is 8.51. The molecule has 1 aromatic rings. The lowest BCUT2D eigenvalue weighted by Crippen LogP contribution is -2.26. The number of likely N-dealkylation sites (N-methyl/N-ethyl adjacent to an activating group) is 1. The zero-order chi connectivity index (χ0) is 14.8. The van der Waals surface area contributed by atoms with Crippen LogP contribution in [0.15, 0.2) is 18.2 Å². The van der Waals surface area contributed by atoms with Gasteiger partial charge in [0.2, 0.25) is 0 Å². The molecule has 0 aliphatic rings. The predicted molar refractivity (Wildman–Crippen MR) is 84.3 cm³/mol. The monoisotopic (exact) mass is 279 g/mol. The highest BCUT2D eigenvalue weighted by Gasteiger charge is 2.11. The summed E-state index contributed by atoms with van der Waals surface area (Å²) in [6.07, 6.45) is 1.06. The van der Waals surface area contributed by atoms with Gasteiger partial charge in [-0.1, -0.05) is 32.0 Å². The molecule has 0 amide bonds. The lowest BCUT2D eigenvalue weighted by atomic mass is 10.0. The molecule has 0 radical (unpaired) electrons. The maximum Gasteiger partial charge on any atom is 0.0701 e. The van der Waals surface area contributed by atoms with E-state index in [1.54, 1.807) is 0 Å². The molecule has 0 aromatic heterocycles. The van der Waals surface area contributed by atoms with Gasteiger partial charge in [0.15, 0.2) is 0 Å². The van der Waals surface area contributed by atoms with Gasteiger partial charge in [0, 0.05) is 6.61 Å². The van der Waals surface area contributed by atoms with Crippen LogP contribution >= 0.6 is 0 Å². The van der Waals surface area contributed by atoms with Crippen molar-refractivity contribution in [1.82, 2.24) is 5.32 Å². The van der Waals surface area contributed by atoms with Crippen molar-refractivity contribution in [2.45, 2.75) is 40.2 Å². The first kappa shape index (κ1) is 17.2. The number of benzene rings is 1. The minimum absolute atomic E-state index is 0.255. The van der Waals surface area contributed by atoms with Gasteiger partial charge < -0.3 is 14.8 Å². The van der Waals surface area contributed by atoms with Gasteiger partial charge in [-0.2, -0.15) is 0 Å². The largest absolute Gasteiger partial charge is 0.379 e. The number of ether oxygens (including phenoxy) is 2. The molecule has 0 saturated heterocycles. The van der Waals surface area contributed by atoms with Crippen LogP contribution in [0.25, 0.3) is 0 Å². The van der Waals surface area contributed by atoms with Gasteiger partial charge in [-0.05, 0) is 43.5 Å². The summed E-state index contributed by atoms with van der Waals surface area (Å²) in [7, 11) is 0. The summed E-state index contributed by atoms with van der Waals surface area (Å²) in [5.74, 6) is 0. The third kappa shape index (κ3) is 6.04. The van der Waals surface area contributed by atoms with Crippen LogP contribution in [0.3, 0.4) is 0 Å². The van der Waals surface area contributed by atoms with E-state index in [0.29, 0.717) is 19.8 Å². The third-order valence-electron chi connectivity index (χ3n) is 3.39. The number of hydrogen-bond acceptors (Lipinski definition) is 3. The Bertz CT molecular complexity index is 379. The molecule has 0 aliphatic heterocycles. The van der Waals surface area contributed by atoms with E-state index in [4.69, 9.17) is 9.47 Å². The number of rotatable bonds is 10. The topological polar surface area (TPSA) is 30.5 Å². The van der Waals surface area contributed by atoms with Gasteiger partial charge in [-0.25, -0.2) is 0 Å². The van der Waals surface area contributed by atoms with Crippen molar-refractivity contribution in [3.05, 3.63) is 34.9 Å². The first-order chi connectivity index (χ1) is 9.69.